The van der Waals surface area contributed by atoms with Crippen LogP contribution in [0.5, 0.6) is 0 Å². The molecule has 0 saturated carbocycles. The van der Waals surface area contributed by atoms with Crippen LogP contribution in [0, 0.1) is 0 Å². The van der Waals surface area contributed by atoms with E-state index in [1.54, 1.807) is 36.4 Å². The molecule has 32 heavy (non-hydrogen) atoms. The number of hydrogen-bond acceptors (Lipinski definition) is 7. The van der Waals surface area contributed by atoms with Crippen LogP contribution in [-0.4, -0.2) is 57.8 Å². The molecule has 166 valence electrons. The molecular weight excluding hydrogens is 434 g/mol. The van der Waals surface area contributed by atoms with Gasteiger partial charge in [-0.25, -0.2) is 13.1 Å². The fourth-order valence-corrected chi connectivity index (χ4v) is 5.13. The lowest BCUT2D eigenvalue weighted by Crippen LogP contribution is -2.43. The number of hydrazine groups is 1. The molecule has 1 aliphatic rings. The molecule has 0 atom stereocenters. The molecule has 3 aromatic rings. The van der Waals surface area contributed by atoms with Crippen LogP contribution in [0.3, 0.4) is 0 Å². The summed E-state index contributed by atoms with van der Waals surface area (Å²) in [5, 5.41) is 10.9. The predicted molar refractivity (Wildman–Crippen MR) is 113 cm³/mol. The second-order valence-electron chi connectivity index (χ2n) is 7.17. The minimum atomic E-state index is -3.81. The first-order valence-corrected chi connectivity index (χ1v) is 11.4. The largest absolute Gasteiger partial charge is 0.271 e. The maximum atomic E-state index is 13.0. The molecule has 11 nitrogen and oxygen atoms in total. The second-order valence-corrected chi connectivity index (χ2v) is 9.08. The van der Waals surface area contributed by atoms with Crippen LogP contribution in [-0.2, 0) is 10.0 Å². The normalized spacial score (nSPS) is 14.6. The number of tetrazole rings is 1. The highest BCUT2D eigenvalue weighted by Crippen LogP contribution is 2.23. The second kappa shape index (κ2) is 9.24. The Morgan fingerprint density at radius 2 is 1.56 bits per heavy atom. The molecule has 1 aliphatic heterocycles. The Kier molecular flexibility index (Phi) is 6.23. The lowest BCUT2D eigenvalue weighted by atomic mass is 10.2. The van der Waals surface area contributed by atoms with E-state index in [4.69, 9.17) is 0 Å². The molecule has 0 radical (unpaired) electrons. The van der Waals surface area contributed by atoms with Crippen LogP contribution >= 0.6 is 0 Å². The molecule has 1 fully saturated rings. The van der Waals surface area contributed by atoms with Gasteiger partial charge >= 0.3 is 0 Å². The third-order valence-electron chi connectivity index (χ3n) is 5.10. The zero-order valence-electron chi connectivity index (χ0n) is 17.0. The van der Waals surface area contributed by atoms with Crippen LogP contribution in [0.4, 0.5) is 0 Å². The molecule has 12 heteroatoms. The topological polar surface area (TPSA) is 139 Å². The van der Waals surface area contributed by atoms with E-state index >= 15 is 0 Å². The highest BCUT2D eigenvalue weighted by molar-refractivity contribution is 7.89. The molecule has 4 rings (SSSR count). The highest BCUT2D eigenvalue weighted by atomic mass is 32.2. The summed E-state index contributed by atoms with van der Waals surface area (Å²) in [6.45, 7) is 0.853. The number of aromatic nitrogens is 4. The van der Waals surface area contributed by atoms with E-state index in [1.807, 2.05) is 0 Å². The van der Waals surface area contributed by atoms with E-state index in [1.165, 1.54) is 27.4 Å². The van der Waals surface area contributed by atoms with Gasteiger partial charge in [0.25, 0.3) is 11.8 Å². The molecule has 1 aromatic heterocycles. The lowest BCUT2D eigenvalue weighted by molar-refractivity contribution is 0.0845. The fraction of sp³-hybridized carbons (Fsp3) is 0.250. The molecule has 0 spiro atoms. The number of carbonyl (C=O) groups excluding carboxylic acids is 2. The molecule has 0 unspecified atom stereocenters. The third-order valence-corrected chi connectivity index (χ3v) is 7.05. The smallest absolute Gasteiger partial charge is 0.267 e. The molecular formula is C20H21N7O4S. The van der Waals surface area contributed by atoms with Gasteiger partial charge in [0.05, 0.1) is 16.1 Å². The Labute approximate surface area is 184 Å². The monoisotopic (exact) mass is 455 g/mol. The maximum Gasteiger partial charge on any atom is 0.271 e. The molecule has 1 saturated heterocycles. The van der Waals surface area contributed by atoms with Gasteiger partial charge < -0.3 is 0 Å². The van der Waals surface area contributed by atoms with Crippen molar-refractivity contribution in [2.75, 3.05) is 13.1 Å². The van der Waals surface area contributed by atoms with E-state index < -0.39 is 21.8 Å². The van der Waals surface area contributed by atoms with Gasteiger partial charge in [0.1, 0.15) is 6.33 Å². The quantitative estimate of drug-likeness (QED) is 0.545. The Bertz CT molecular complexity index is 1210. The fourth-order valence-electron chi connectivity index (χ4n) is 3.42. The zero-order chi connectivity index (χ0) is 22.6. The van der Waals surface area contributed by atoms with Crippen molar-refractivity contribution >= 4 is 21.8 Å². The van der Waals surface area contributed by atoms with E-state index in [9.17, 15) is 18.0 Å². The molecule has 0 aliphatic carbocycles. The number of sulfonamides is 1. The van der Waals surface area contributed by atoms with E-state index in [0.29, 0.717) is 18.8 Å². The number of rotatable bonds is 5. The van der Waals surface area contributed by atoms with Gasteiger partial charge in [-0.2, -0.15) is 4.31 Å². The van der Waals surface area contributed by atoms with E-state index in [2.05, 4.69) is 26.4 Å². The van der Waals surface area contributed by atoms with Crippen LogP contribution in [0.25, 0.3) is 5.69 Å². The summed E-state index contributed by atoms with van der Waals surface area (Å²) in [4.78, 5) is 25.0. The number of carbonyl (C=O) groups is 2. The Morgan fingerprint density at radius 3 is 2.25 bits per heavy atom. The van der Waals surface area contributed by atoms with Gasteiger partial charge in [0.2, 0.25) is 10.0 Å². The van der Waals surface area contributed by atoms with Gasteiger partial charge in [-0.3, -0.25) is 20.4 Å². The SMILES string of the molecule is O=C(NNC(=O)c1ccccc1S(=O)(=O)N1CCCCC1)c1ccc(-n2cnnn2)cc1. The van der Waals surface area contributed by atoms with Crippen LogP contribution in [0.1, 0.15) is 40.0 Å². The van der Waals surface area contributed by atoms with Crippen molar-refractivity contribution in [3.63, 3.8) is 0 Å². The summed E-state index contributed by atoms with van der Waals surface area (Å²) in [7, 11) is -3.81. The van der Waals surface area contributed by atoms with Crippen molar-refractivity contribution in [1.82, 2.24) is 35.4 Å². The minimum Gasteiger partial charge on any atom is -0.267 e. The Balaban J connectivity index is 1.45. The van der Waals surface area contributed by atoms with Crippen molar-refractivity contribution in [2.24, 2.45) is 0 Å². The Hall–Kier alpha value is -3.64. The standard InChI is InChI=1S/C20H21N7O4S/c28-19(15-8-10-16(11-9-15)27-14-21-24-25-27)22-23-20(29)17-6-2-3-7-18(17)32(30,31)26-12-4-1-5-13-26/h2-3,6-11,14H,1,4-5,12-13H2,(H,22,28)(H,23,29). The van der Waals surface area contributed by atoms with Crippen molar-refractivity contribution in [3.05, 3.63) is 66.0 Å². The number of benzene rings is 2. The summed E-state index contributed by atoms with van der Waals surface area (Å²) in [6.07, 6.45) is 3.98. The van der Waals surface area contributed by atoms with Crippen LogP contribution < -0.4 is 10.9 Å². The first-order chi connectivity index (χ1) is 15.5. The summed E-state index contributed by atoms with van der Waals surface area (Å²) in [5.41, 5.74) is 5.52. The molecule has 0 bridgehead atoms. The molecule has 2 amide bonds. The van der Waals surface area contributed by atoms with Gasteiger partial charge in [-0.15, -0.1) is 5.10 Å². The summed E-state index contributed by atoms with van der Waals surface area (Å²) >= 11 is 0. The summed E-state index contributed by atoms with van der Waals surface area (Å²) in [5.74, 6) is -1.28. The number of nitrogens with zero attached hydrogens (tertiary/aromatic N) is 5. The first kappa shape index (κ1) is 21.6. The average molecular weight is 456 g/mol. The average Bonchev–Trinajstić information content (AvgIpc) is 3.38. The summed E-state index contributed by atoms with van der Waals surface area (Å²) < 4.78 is 28.9. The van der Waals surface area contributed by atoms with Crippen molar-refractivity contribution in [1.29, 1.82) is 0 Å². The van der Waals surface area contributed by atoms with Crippen molar-refractivity contribution in [3.8, 4) is 5.69 Å². The van der Waals surface area contributed by atoms with Crippen LogP contribution in [0.2, 0.25) is 0 Å². The number of amides is 2. The zero-order valence-corrected chi connectivity index (χ0v) is 17.8. The highest BCUT2D eigenvalue weighted by Gasteiger charge is 2.29. The van der Waals surface area contributed by atoms with E-state index in [-0.39, 0.29) is 16.0 Å². The Morgan fingerprint density at radius 1 is 0.875 bits per heavy atom. The van der Waals surface area contributed by atoms with E-state index in [0.717, 1.165) is 19.3 Å². The molecule has 2 aromatic carbocycles. The molecule has 2 N–H and O–H groups in total. The van der Waals surface area contributed by atoms with Gasteiger partial charge in [-0.1, -0.05) is 18.6 Å². The number of hydrogen-bond donors (Lipinski definition) is 2. The summed E-state index contributed by atoms with van der Waals surface area (Å²) in [6, 6.07) is 12.3. The predicted octanol–water partition coefficient (Wildman–Crippen LogP) is 0.912. The maximum absolute atomic E-state index is 13.0. The van der Waals surface area contributed by atoms with Crippen molar-refractivity contribution in [2.45, 2.75) is 24.2 Å². The van der Waals surface area contributed by atoms with Gasteiger partial charge in [-0.05, 0) is 59.7 Å². The lowest BCUT2D eigenvalue weighted by Gasteiger charge is -2.26. The number of nitrogens with one attached hydrogen (secondary N) is 2. The third kappa shape index (κ3) is 4.50. The van der Waals surface area contributed by atoms with Gasteiger partial charge in [0.15, 0.2) is 0 Å². The van der Waals surface area contributed by atoms with Gasteiger partial charge in [0, 0.05) is 18.7 Å². The number of piperidine rings is 1. The van der Waals surface area contributed by atoms with Crippen LogP contribution in [0.15, 0.2) is 59.8 Å². The molecule has 2 heterocycles. The van der Waals surface area contributed by atoms with Crippen molar-refractivity contribution < 1.29 is 18.0 Å². The first-order valence-electron chi connectivity index (χ1n) is 10.00. The minimum absolute atomic E-state index is 0.0348.